The van der Waals surface area contributed by atoms with E-state index >= 15 is 0 Å². The molecule has 0 spiro atoms. The molecule has 0 aliphatic heterocycles. The molecule has 2 saturated carbocycles. The lowest BCUT2D eigenvalue weighted by molar-refractivity contribution is -0.126. The van der Waals surface area contributed by atoms with E-state index < -0.39 is 0 Å². The van der Waals surface area contributed by atoms with Gasteiger partial charge in [-0.3, -0.25) is 4.79 Å². The maximum atomic E-state index is 12.3. The van der Waals surface area contributed by atoms with E-state index in [1.807, 2.05) is 19.1 Å². The minimum atomic E-state index is -0.382. The molecule has 2 aliphatic carbocycles. The molecule has 2 bridgehead atoms. The summed E-state index contributed by atoms with van der Waals surface area (Å²) in [7, 11) is 0. The van der Waals surface area contributed by atoms with Crippen molar-refractivity contribution in [3.05, 3.63) is 29.3 Å². The lowest BCUT2D eigenvalue weighted by Crippen LogP contribution is -2.27. The molecular formula is C17H21ClO2. The van der Waals surface area contributed by atoms with Crippen molar-refractivity contribution in [3.63, 3.8) is 0 Å². The van der Waals surface area contributed by atoms with Crippen LogP contribution in [0, 0.1) is 17.8 Å². The Labute approximate surface area is 125 Å². The predicted octanol–water partition coefficient (Wildman–Crippen LogP) is 4.50. The normalized spacial score (nSPS) is 29.4. The third-order valence-corrected chi connectivity index (χ3v) is 5.15. The maximum Gasteiger partial charge on any atom is 0.173 e. The van der Waals surface area contributed by atoms with Crippen LogP contribution in [0.5, 0.6) is 5.75 Å². The van der Waals surface area contributed by atoms with Crippen LogP contribution in [0.3, 0.4) is 0 Å². The second-order valence-corrected chi connectivity index (χ2v) is 6.76. The van der Waals surface area contributed by atoms with Crippen LogP contribution in [0.4, 0.5) is 0 Å². The molecule has 0 saturated heterocycles. The first-order chi connectivity index (χ1) is 9.61. The Morgan fingerprint density at radius 3 is 2.90 bits per heavy atom. The van der Waals surface area contributed by atoms with Gasteiger partial charge in [0.15, 0.2) is 11.9 Å². The summed E-state index contributed by atoms with van der Waals surface area (Å²) in [5, 5.41) is 0.634. The van der Waals surface area contributed by atoms with E-state index in [0.29, 0.717) is 23.1 Å². The summed E-state index contributed by atoms with van der Waals surface area (Å²) < 4.78 is 5.71. The van der Waals surface area contributed by atoms with Gasteiger partial charge >= 0.3 is 0 Å². The van der Waals surface area contributed by atoms with Crippen molar-refractivity contribution in [2.75, 3.05) is 0 Å². The molecule has 2 aliphatic rings. The van der Waals surface area contributed by atoms with Crippen molar-refractivity contribution in [1.29, 1.82) is 0 Å². The Balaban J connectivity index is 1.54. The number of ketones is 1. The smallest absolute Gasteiger partial charge is 0.173 e. The monoisotopic (exact) mass is 292 g/mol. The lowest BCUT2D eigenvalue weighted by atomic mass is 9.84. The van der Waals surface area contributed by atoms with Crippen LogP contribution < -0.4 is 4.74 Å². The van der Waals surface area contributed by atoms with Crippen molar-refractivity contribution in [3.8, 4) is 5.75 Å². The number of hydrogen-bond donors (Lipinski definition) is 0. The molecule has 3 heteroatoms. The van der Waals surface area contributed by atoms with Crippen LogP contribution in [-0.2, 0) is 4.79 Å². The summed E-state index contributed by atoms with van der Waals surface area (Å²) >= 11 is 5.92. The van der Waals surface area contributed by atoms with E-state index in [-0.39, 0.29) is 11.9 Å². The highest BCUT2D eigenvalue weighted by atomic mass is 35.5. The molecule has 20 heavy (non-hydrogen) atoms. The van der Waals surface area contributed by atoms with E-state index in [1.54, 1.807) is 12.1 Å². The second kappa shape index (κ2) is 5.77. The molecule has 2 fully saturated rings. The molecule has 4 atom stereocenters. The van der Waals surface area contributed by atoms with Gasteiger partial charge in [0.05, 0.1) is 0 Å². The highest BCUT2D eigenvalue weighted by molar-refractivity contribution is 6.30. The Kier molecular flexibility index (Phi) is 4.02. The number of ether oxygens (including phenoxy) is 1. The quantitative estimate of drug-likeness (QED) is 0.798. The second-order valence-electron chi connectivity index (χ2n) is 6.32. The van der Waals surface area contributed by atoms with Crippen molar-refractivity contribution in [2.24, 2.45) is 17.8 Å². The maximum absolute atomic E-state index is 12.3. The number of carbonyl (C=O) groups excluding carboxylic acids is 1. The van der Waals surface area contributed by atoms with Gasteiger partial charge in [-0.2, -0.15) is 0 Å². The van der Waals surface area contributed by atoms with Crippen molar-refractivity contribution >= 4 is 17.4 Å². The van der Waals surface area contributed by atoms with Crippen molar-refractivity contribution in [1.82, 2.24) is 0 Å². The Hall–Kier alpha value is -1.02. The molecule has 1 aromatic rings. The fourth-order valence-electron chi connectivity index (χ4n) is 3.86. The standard InChI is InChI=1S/C17H21ClO2/c1-11(20-16-4-2-3-15(18)10-16)17(19)9-14-8-12-5-6-13(14)7-12/h2-4,10-14H,5-9H2,1H3. The third-order valence-electron chi connectivity index (χ3n) is 4.91. The predicted molar refractivity (Wildman–Crippen MR) is 80.1 cm³/mol. The van der Waals surface area contributed by atoms with Gasteiger partial charge in [-0.05, 0) is 62.1 Å². The van der Waals surface area contributed by atoms with Gasteiger partial charge in [-0.1, -0.05) is 24.1 Å². The molecule has 1 aromatic carbocycles. The minimum absolute atomic E-state index is 0.225. The van der Waals surface area contributed by atoms with Crippen LogP contribution >= 0.6 is 11.6 Å². The van der Waals surface area contributed by atoms with E-state index in [2.05, 4.69) is 0 Å². The SMILES string of the molecule is CC(Oc1cccc(Cl)c1)C(=O)CC1CC2CCC1C2. The Bertz CT molecular complexity index is 500. The topological polar surface area (TPSA) is 26.3 Å². The van der Waals surface area contributed by atoms with Crippen LogP contribution in [0.1, 0.15) is 39.0 Å². The lowest BCUT2D eigenvalue weighted by Gasteiger charge is -2.22. The number of carbonyl (C=O) groups is 1. The molecule has 0 radical (unpaired) electrons. The summed E-state index contributed by atoms with van der Waals surface area (Å²) in [6, 6.07) is 7.23. The van der Waals surface area contributed by atoms with E-state index in [4.69, 9.17) is 16.3 Å². The summed E-state index contributed by atoms with van der Waals surface area (Å²) in [4.78, 5) is 12.3. The van der Waals surface area contributed by atoms with Crippen LogP contribution in [0.15, 0.2) is 24.3 Å². The van der Waals surface area contributed by atoms with Gasteiger partial charge < -0.3 is 4.74 Å². The zero-order valence-electron chi connectivity index (χ0n) is 11.8. The largest absolute Gasteiger partial charge is 0.483 e. The fourth-order valence-corrected chi connectivity index (χ4v) is 4.04. The van der Waals surface area contributed by atoms with Gasteiger partial charge in [0.2, 0.25) is 0 Å². The molecular weight excluding hydrogens is 272 g/mol. The van der Waals surface area contributed by atoms with Crippen molar-refractivity contribution in [2.45, 2.75) is 45.1 Å². The molecule has 2 nitrogen and oxygen atoms in total. The van der Waals surface area contributed by atoms with Gasteiger partial charge in [0.1, 0.15) is 5.75 Å². The number of benzene rings is 1. The molecule has 108 valence electrons. The van der Waals surface area contributed by atoms with Gasteiger partial charge in [-0.25, -0.2) is 0 Å². The molecule has 3 rings (SSSR count). The molecule has 0 aromatic heterocycles. The summed E-state index contributed by atoms with van der Waals surface area (Å²) in [6.07, 6.45) is 5.60. The number of hydrogen-bond acceptors (Lipinski definition) is 2. The van der Waals surface area contributed by atoms with Gasteiger partial charge in [-0.15, -0.1) is 0 Å². The van der Waals surface area contributed by atoms with Gasteiger partial charge in [0, 0.05) is 11.4 Å². The van der Waals surface area contributed by atoms with Crippen LogP contribution in [-0.4, -0.2) is 11.9 Å². The minimum Gasteiger partial charge on any atom is -0.483 e. The Morgan fingerprint density at radius 2 is 2.25 bits per heavy atom. The van der Waals surface area contributed by atoms with E-state index in [9.17, 15) is 4.79 Å². The first-order valence-corrected chi connectivity index (χ1v) is 7.94. The average molecular weight is 293 g/mol. The zero-order valence-corrected chi connectivity index (χ0v) is 12.6. The molecule has 4 unspecified atom stereocenters. The average Bonchev–Trinajstić information content (AvgIpc) is 3.01. The number of rotatable bonds is 5. The first kappa shape index (κ1) is 13.9. The number of Topliss-reactive ketones (excluding diaryl/α,β-unsaturated/α-hetero) is 1. The number of halogens is 1. The Morgan fingerprint density at radius 1 is 1.40 bits per heavy atom. The summed E-state index contributed by atoms with van der Waals surface area (Å²) in [6.45, 7) is 1.84. The molecule has 0 N–H and O–H groups in total. The van der Waals surface area contributed by atoms with E-state index in [0.717, 1.165) is 11.8 Å². The number of fused-ring (bicyclic) bond motifs is 2. The summed E-state index contributed by atoms with van der Waals surface area (Å²) in [5.74, 6) is 3.18. The highest BCUT2D eigenvalue weighted by Gasteiger charge is 2.40. The van der Waals surface area contributed by atoms with Crippen LogP contribution in [0.2, 0.25) is 5.02 Å². The highest BCUT2D eigenvalue weighted by Crippen LogP contribution is 2.49. The molecule has 0 amide bonds. The molecule has 0 heterocycles. The third kappa shape index (κ3) is 3.01. The first-order valence-electron chi connectivity index (χ1n) is 7.56. The van der Waals surface area contributed by atoms with E-state index in [1.165, 1.54) is 25.7 Å². The van der Waals surface area contributed by atoms with Gasteiger partial charge in [0.25, 0.3) is 0 Å². The fraction of sp³-hybridized carbons (Fsp3) is 0.588. The van der Waals surface area contributed by atoms with Crippen molar-refractivity contribution < 1.29 is 9.53 Å². The van der Waals surface area contributed by atoms with Crippen LogP contribution in [0.25, 0.3) is 0 Å². The summed E-state index contributed by atoms with van der Waals surface area (Å²) in [5.41, 5.74) is 0. The zero-order chi connectivity index (χ0) is 14.1.